The molecule has 5 heteroatoms. The van der Waals surface area contributed by atoms with Crippen molar-refractivity contribution in [1.82, 2.24) is 0 Å². The van der Waals surface area contributed by atoms with Crippen LogP contribution in [0.5, 0.6) is 0 Å². The Kier molecular flexibility index (Phi) is 4.75. The fourth-order valence-corrected chi connectivity index (χ4v) is 3.14. The lowest BCUT2D eigenvalue weighted by molar-refractivity contribution is -0.117. The Hall–Kier alpha value is -1.16. The van der Waals surface area contributed by atoms with E-state index in [9.17, 15) is 4.79 Å². The van der Waals surface area contributed by atoms with E-state index in [1.165, 1.54) is 11.8 Å². The van der Waals surface area contributed by atoms with Gasteiger partial charge in [0.1, 0.15) is 5.25 Å². The second-order valence-corrected chi connectivity index (χ2v) is 5.88. The molecule has 2 aromatic rings. The molecule has 0 aromatic heterocycles. The first-order chi connectivity index (χ1) is 9.08. The number of carbonyl (C=O) groups excluding carboxylic acids is 1. The second-order valence-electron chi connectivity index (χ2n) is 3.89. The number of hydrogen-bond acceptors (Lipinski definition) is 2. The summed E-state index contributed by atoms with van der Waals surface area (Å²) in [5.41, 5.74) is 6.31. The van der Waals surface area contributed by atoms with Crippen LogP contribution in [0.1, 0.15) is 10.8 Å². The smallest absolute Gasteiger partial charge is 0.235 e. The Morgan fingerprint density at radius 2 is 1.79 bits per heavy atom. The Labute approximate surface area is 125 Å². The molecule has 2 rings (SSSR count). The number of thioether (sulfide) groups is 1. The number of carbonyl (C=O) groups is 1. The molecule has 2 N–H and O–H groups in total. The molecule has 1 atom stereocenters. The molecule has 0 radical (unpaired) electrons. The fourth-order valence-electron chi connectivity index (χ4n) is 1.61. The summed E-state index contributed by atoms with van der Waals surface area (Å²) in [7, 11) is 0. The summed E-state index contributed by atoms with van der Waals surface area (Å²) in [5, 5.41) is 0.636. The first-order valence-electron chi connectivity index (χ1n) is 5.54. The molecule has 2 aromatic carbocycles. The van der Waals surface area contributed by atoms with E-state index in [-0.39, 0.29) is 0 Å². The van der Waals surface area contributed by atoms with Gasteiger partial charge >= 0.3 is 0 Å². The lowest BCUT2D eigenvalue weighted by atomic mass is 10.1. The van der Waals surface area contributed by atoms with Crippen LogP contribution in [0.3, 0.4) is 0 Å². The van der Waals surface area contributed by atoms with Crippen molar-refractivity contribution in [3.63, 3.8) is 0 Å². The molecule has 0 fully saturated rings. The maximum atomic E-state index is 11.6. The normalized spacial score (nSPS) is 12.1. The number of primary amides is 1. The predicted octanol–water partition coefficient (Wildman–Crippen LogP) is 4.31. The molecule has 19 heavy (non-hydrogen) atoms. The Balaban J connectivity index is 2.32. The SMILES string of the molecule is NC(=O)[C@@H](Sc1cc(Cl)ccc1Cl)c1ccccc1. The van der Waals surface area contributed by atoms with Gasteiger partial charge in [0.05, 0.1) is 5.02 Å². The van der Waals surface area contributed by atoms with Gasteiger partial charge in [-0.3, -0.25) is 4.79 Å². The van der Waals surface area contributed by atoms with Gasteiger partial charge < -0.3 is 5.73 Å². The fraction of sp³-hybridized carbons (Fsp3) is 0.0714. The van der Waals surface area contributed by atoms with E-state index in [2.05, 4.69) is 0 Å². The largest absolute Gasteiger partial charge is 0.368 e. The van der Waals surface area contributed by atoms with Crippen molar-refractivity contribution < 1.29 is 4.79 Å². The number of halogens is 2. The Morgan fingerprint density at radius 1 is 1.11 bits per heavy atom. The molecule has 0 aliphatic carbocycles. The lowest BCUT2D eigenvalue weighted by Gasteiger charge is -2.14. The summed E-state index contributed by atoms with van der Waals surface area (Å²) in [6.45, 7) is 0. The van der Waals surface area contributed by atoms with Crippen LogP contribution in [0, 0.1) is 0 Å². The molecular weight excluding hydrogens is 301 g/mol. The minimum Gasteiger partial charge on any atom is -0.368 e. The van der Waals surface area contributed by atoms with Crippen LogP contribution in [0.15, 0.2) is 53.4 Å². The van der Waals surface area contributed by atoms with E-state index in [0.29, 0.717) is 10.0 Å². The van der Waals surface area contributed by atoms with Crippen molar-refractivity contribution in [3.8, 4) is 0 Å². The molecule has 0 heterocycles. The first-order valence-corrected chi connectivity index (χ1v) is 7.17. The maximum Gasteiger partial charge on any atom is 0.235 e. The van der Waals surface area contributed by atoms with Gasteiger partial charge in [0, 0.05) is 9.92 Å². The minimum absolute atomic E-state index is 0.410. The van der Waals surface area contributed by atoms with Gasteiger partial charge in [-0.05, 0) is 23.8 Å². The van der Waals surface area contributed by atoms with E-state index in [1.807, 2.05) is 30.3 Å². The third-order valence-electron chi connectivity index (χ3n) is 2.50. The topological polar surface area (TPSA) is 43.1 Å². The highest BCUT2D eigenvalue weighted by molar-refractivity contribution is 8.00. The summed E-state index contributed by atoms with van der Waals surface area (Å²) in [4.78, 5) is 12.4. The first kappa shape index (κ1) is 14.3. The molecule has 0 bridgehead atoms. The zero-order chi connectivity index (χ0) is 13.8. The number of rotatable bonds is 4. The molecule has 2 nitrogen and oxygen atoms in total. The van der Waals surface area contributed by atoms with Crippen LogP contribution in [0.2, 0.25) is 10.0 Å². The molecule has 0 aliphatic rings. The summed E-state index contributed by atoms with van der Waals surface area (Å²) in [6, 6.07) is 14.5. The average Bonchev–Trinajstić information content (AvgIpc) is 2.40. The molecule has 0 saturated heterocycles. The van der Waals surface area contributed by atoms with Crippen LogP contribution in [-0.2, 0) is 4.79 Å². The van der Waals surface area contributed by atoms with Gasteiger partial charge in [-0.25, -0.2) is 0 Å². The van der Waals surface area contributed by atoms with Crippen LogP contribution in [0.4, 0.5) is 0 Å². The van der Waals surface area contributed by atoms with Crippen molar-refractivity contribution >= 4 is 40.9 Å². The zero-order valence-corrected chi connectivity index (χ0v) is 12.2. The van der Waals surface area contributed by atoms with Crippen LogP contribution in [0.25, 0.3) is 0 Å². The van der Waals surface area contributed by atoms with Gasteiger partial charge in [-0.15, -0.1) is 11.8 Å². The van der Waals surface area contributed by atoms with Crippen LogP contribution >= 0.6 is 35.0 Å². The number of amides is 1. The summed E-state index contributed by atoms with van der Waals surface area (Å²) in [5.74, 6) is -0.410. The summed E-state index contributed by atoms with van der Waals surface area (Å²) < 4.78 is 0. The van der Waals surface area contributed by atoms with Gasteiger partial charge in [0.25, 0.3) is 0 Å². The van der Waals surface area contributed by atoms with Gasteiger partial charge in [-0.2, -0.15) is 0 Å². The maximum absolute atomic E-state index is 11.6. The van der Waals surface area contributed by atoms with Gasteiger partial charge in [-0.1, -0.05) is 53.5 Å². The van der Waals surface area contributed by atoms with Crippen molar-refractivity contribution in [1.29, 1.82) is 0 Å². The molecule has 98 valence electrons. The molecule has 0 spiro atoms. The second kappa shape index (κ2) is 6.33. The van der Waals surface area contributed by atoms with E-state index in [1.54, 1.807) is 18.2 Å². The molecule has 0 aliphatic heterocycles. The molecule has 0 unspecified atom stereocenters. The van der Waals surface area contributed by atoms with E-state index < -0.39 is 11.2 Å². The standard InChI is InChI=1S/C14H11Cl2NOS/c15-10-6-7-11(16)12(8-10)19-13(14(17)18)9-4-2-1-3-5-9/h1-8,13H,(H2,17,18)/t13-/m0/s1. The van der Waals surface area contributed by atoms with Crippen LogP contribution in [-0.4, -0.2) is 5.91 Å². The highest BCUT2D eigenvalue weighted by Gasteiger charge is 2.20. The number of nitrogens with two attached hydrogens (primary N) is 1. The summed E-state index contributed by atoms with van der Waals surface area (Å²) >= 11 is 13.3. The number of benzene rings is 2. The quantitative estimate of drug-likeness (QED) is 0.855. The van der Waals surface area contributed by atoms with Gasteiger partial charge in [0.15, 0.2) is 0 Å². The number of hydrogen-bond donors (Lipinski definition) is 1. The van der Waals surface area contributed by atoms with Crippen molar-refractivity contribution in [2.75, 3.05) is 0 Å². The van der Waals surface area contributed by atoms with Crippen molar-refractivity contribution in [3.05, 3.63) is 64.1 Å². The van der Waals surface area contributed by atoms with Crippen LogP contribution < -0.4 is 5.73 Å². The third-order valence-corrected chi connectivity index (χ3v) is 4.51. The average molecular weight is 312 g/mol. The summed E-state index contributed by atoms with van der Waals surface area (Å²) in [6.07, 6.45) is 0. The minimum atomic E-state index is -0.489. The highest BCUT2D eigenvalue weighted by atomic mass is 35.5. The van der Waals surface area contributed by atoms with E-state index >= 15 is 0 Å². The highest BCUT2D eigenvalue weighted by Crippen LogP contribution is 2.39. The lowest BCUT2D eigenvalue weighted by Crippen LogP contribution is -2.18. The van der Waals surface area contributed by atoms with E-state index in [0.717, 1.165) is 10.5 Å². The van der Waals surface area contributed by atoms with Crippen molar-refractivity contribution in [2.24, 2.45) is 5.73 Å². The zero-order valence-electron chi connectivity index (χ0n) is 9.85. The molecule has 0 saturated carbocycles. The predicted molar refractivity (Wildman–Crippen MR) is 80.7 cm³/mol. The monoisotopic (exact) mass is 311 g/mol. The third kappa shape index (κ3) is 3.66. The van der Waals surface area contributed by atoms with Gasteiger partial charge in [0.2, 0.25) is 5.91 Å². The Bertz CT molecular complexity index is 589. The molecular formula is C14H11Cl2NOS. The van der Waals surface area contributed by atoms with Crippen molar-refractivity contribution in [2.45, 2.75) is 10.1 Å². The Morgan fingerprint density at radius 3 is 2.42 bits per heavy atom. The molecule has 1 amide bonds. The van der Waals surface area contributed by atoms with E-state index in [4.69, 9.17) is 28.9 Å².